The van der Waals surface area contributed by atoms with Gasteiger partial charge in [0.05, 0.1) is 12.0 Å². The minimum Gasteiger partial charge on any atom is -0.349 e. The summed E-state index contributed by atoms with van der Waals surface area (Å²) in [5, 5.41) is 3.22. The van der Waals surface area contributed by atoms with Crippen LogP contribution in [-0.2, 0) is 16.0 Å². The van der Waals surface area contributed by atoms with Crippen molar-refractivity contribution >= 4 is 17.5 Å². The Hall–Kier alpha value is -3.40. The second-order valence-corrected chi connectivity index (χ2v) is 8.41. The van der Waals surface area contributed by atoms with Crippen LogP contribution in [0.4, 0.5) is 5.69 Å². The number of carbonyl (C=O) groups excluding carboxylic acids is 2. The molecule has 1 aliphatic rings. The first kappa shape index (κ1) is 20.9. The van der Waals surface area contributed by atoms with Gasteiger partial charge < -0.3 is 10.2 Å². The van der Waals surface area contributed by atoms with E-state index in [4.69, 9.17) is 0 Å². The third kappa shape index (κ3) is 5.02. The van der Waals surface area contributed by atoms with E-state index in [1.807, 2.05) is 74.5 Å². The van der Waals surface area contributed by atoms with Crippen LogP contribution in [0.3, 0.4) is 0 Å². The van der Waals surface area contributed by atoms with E-state index in [1.54, 1.807) is 4.90 Å². The summed E-state index contributed by atoms with van der Waals surface area (Å²) < 4.78 is 0. The number of carbonyl (C=O) groups is 2. The number of hydrogen-bond acceptors (Lipinski definition) is 2. The average Bonchev–Trinajstić information content (AvgIpc) is 3.16. The predicted molar refractivity (Wildman–Crippen MR) is 124 cm³/mol. The molecule has 0 bridgehead atoms. The summed E-state index contributed by atoms with van der Waals surface area (Å²) in [6, 6.07) is 26.1. The highest BCUT2D eigenvalue weighted by Gasteiger charge is 2.36. The molecule has 0 spiro atoms. The summed E-state index contributed by atoms with van der Waals surface area (Å²) >= 11 is 0. The van der Waals surface area contributed by atoms with Gasteiger partial charge in [0, 0.05) is 18.7 Å². The SMILES string of the molecule is Cc1cc(C)cc(N2CC(C(=O)NC(Cc3ccccc3)c3ccccc3)CC2=O)c1. The van der Waals surface area contributed by atoms with Crippen LogP contribution in [0.1, 0.15) is 34.7 Å². The van der Waals surface area contributed by atoms with E-state index >= 15 is 0 Å². The number of amides is 2. The second-order valence-electron chi connectivity index (χ2n) is 8.41. The monoisotopic (exact) mass is 412 g/mol. The first-order valence-electron chi connectivity index (χ1n) is 10.8. The Bertz CT molecular complexity index is 1040. The molecular formula is C27H28N2O2. The van der Waals surface area contributed by atoms with E-state index in [0.717, 1.165) is 27.9 Å². The second kappa shape index (κ2) is 9.17. The quantitative estimate of drug-likeness (QED) is 0.635. The fourth-order valence-electron chi connectivity index (χ4n) is 4.32. The topological polar surface area (TPSA) is 49.4 Å². The van der Waals surface area contributed by atoms with E-state index < -0.39 is 0 Å². The molecule has 1 aliphatic heterocycles. The molecule has 1 N–H and O–H groups in total. The smallest absolute Gasteiger partial charge is 0.227 e. The number of nitrogens with zero attached hydrogens (tertiary/aromatic N) is 1. The van der Waals surface area contributed by atoms with Crippen molar-refractivity contribution in [3.8, 4) is 0 Å². The summed E-state index contributed by atoms with van der Waals surface area (Å²) in [7, 11) is 0. The van der Waals surface area contributed by atoms with E-state index in [2.05, 4.69) is 23.5 Å². The number of benzene rings is 3. The van der Waals surface area contributed by atoms with Crippen LogP contribution in [0.25, 0.3) is 0 Å². The predicted octanol–water partition coefficient (Wildman–Crippen LogP) is 4.76. The number of nitrogens with one attached hydrogen (secondary N) is 1. The van der Waals surface area contributed by atoms with Gasteiger partial charge in [-0.2, -0.15) is 0 Å². The molecule has 31 heavy (non-hydrogen) atoms. The fraction of sp³-hybridized carbons (Fsp3) is 0.259. The highest BCUT2D eigenvalue weighted by atomic mass is 16.2. The maximum absolute atomic E-state index is 13.2. The molecule has 158 valence electrons. The lowest BCUT2D eigenvalue weighted by Crippen LogP contribution is -2.36. The number of anilines is 1. The minimum atomic E-state index is -0.352. The van der Waals surface area contributed by atoms with Crippen molar-refractivity contribution in [2.75, 3.05) is 11.4 Å². The van der Waals surface area contributed by atoms with Gasteiger partial charge in [-0.1, -0.05) is 66.7 Å². The van der Waals surface area contributed by atoms with Crippen LogP contribution >= 0.6 is 0 Å². The zero-order chi connectivity index (χ0) is 21.8. The van der Waals surface area contributed by atoms with E-state index in [-0.39, 0.29) is 30.2 Å². The minimum absolute atomic E-state index is 0.00414. The third-order valence-electron chi connectivity index (χ3n) is 5.82. The molecule has 4 nitrogen and oxygen atoms in total. The van der Waals surface area contributed by atoms with Crippen molar-refractivity contribution in [3.63, 3.8) is 0 Å². The Morgan fingerprint density at radius 2 is 1.58 bits per heavy atom. The largest absolute Gasteiger partial charge is 0.349 e. The lowest BCUT2D eigenvalue weighted by molar-refractivity contribution is -0.127. The van der Waals surface area contributed by atoms with Crippen LogP contribution in [0.2, 0.25) is 0 Å². The molecule has 3 aromatic carbocycles. The van der Waals surface area contributed by atoms with E-state index in [1.165, 1.54) is 0 Å². The molecule has 1 saturated heterocycles. The van der Waals surface area contributed by atoms with E-state index in [0.29, 0.717) is 13.0 Å². The van der Waals surface area contributed by atoms with Gasteiger partial charge >= 0.3 is 0 Å². The van der Waals surface area contributed by atoms with Crippen molar-refractivity contribution in [2.45, 2.75) is 32.7 Å². The molecule has 0 radical (unpaired) electrons. The zero-order valence-corrected chi connectivity index (χ0v) is 18.0. The number of aryl methyl sites for hydroxylation is 2. The first-order chi connectivity index (χ1) is 15.0. The Labute approximate surface area is 183 Å². The summed E-state index contributed by atoms with van der Waals surface area (Å²) in [5.41, 5.74) is 5.33. The van der Waals surface area contributed by atoms with Crippen molar-refractivity contribution < 1.29 is 9.59 Å². The van der Waals surface area contributed by atoms with Crippen LogP contribution in [0, 0.1) is 19.8 Å². The summed E-state index contributed by atoms with van der Waals surface area (Å²) in [5.74, 6) is -0.412. The van der Waals surface area contributed by atoms with Crippen LogP contribution in [0.5, 0.6) is 0 Å². The maximum Gasteiger partial charge on any atom is 0.227 e. The van der Waals surface area contributed by atoms with Gasteiger partial charge in [-0.15, -0.1) is 0 Å². The van der Waals surface area contributed by atoms with Crippen molar-refractivity contribution in [3.05, 3.63) is 101 Å². The molecule has 1 fully saturated rings. The number of rotatable bonds is 6. The summed E-state index contributed by atoms with van der Waals surface area (Å²) in [6.07, 6.45) is 0.948. The van der Waals surface area contributed by atoms with Gasteiger partial charge in [0.15, 0.2) is 0 Å². The molecule has 0 aromatic heterocycles. The Morgan fingerprint density at radius 3 is 2.23 bits per heavy atom. The van der Waals surface area contributed by atoms with Crippen molar-refractivity contribution in [1.29, 1.82) is 0 Å². The first-order valence-corrected chi connectivity index (χ1v) is 10.8. The molecule has 0 saturated carbocycles. The van der Waals surface area contributed by atoms with Gasteiger partial charge in [0.1, 0.15) is 0 Å². The fourth-order valence-corrected chi connectivity index (χ4v) is 4.32. The van der Waals surface area contributed by atoms with Gasteiger partial charge in [0.2, 0.25) is 11.8 Å². The van der Waals surface area contributed by atoms with E-state index in [9.17, 15) is 9.59 Å². The highest BCUT2D eigenvalue weighted by molar-refractivity contribution is 6.00. The molecule has 4 rings (SSSR count). The maximum atomic E-state index is 13.2. The van der Waals surface area contributed by atoms with Crippen LogP contribution < -0.4 is 10.2 Å². The lowest BCUT2D eigenvalue weighted by atomic mass is 9.97. The van der Waals surface area contributed by atoms with Crippen LogP contribution in [0.15, 0.2) is 78.9 Å². The van der Waals surface area contributed by atoms with Crippen molar-refractivity contribution in [1.82, 2.24) is 5.32 Å². The molecule has 0 aliphatic carbocycles. The molecule has 2 atom stereocenters. The average molecular weight is 413 g/mol. The molecule has 3 aromatic rings. The van der Waals surface area contributed by atoms with Gasteiger partial charge in [-0.05, 0) is 54.7 Å². The lowest BCUT2D eigenvalue weighted by Gasteiger charge is -2.22. The molecule has 2 amide bonds. The standard InChI is InChI=1S/C27H28N2O2/c1-19-13-20(2)15-24(14-19)29-18-23(17-26(29)30)27(31)28-25(22-11-7-4-8-12-22)16-21-9-5-3-6-10-21/h3-15,23,25H,16-18H2,1-2H3,(H,28,31). The normalized spacial score (nSPS) is 16.9. The molecule has 4 heteroatoms. The zero-order valence-electron chi connectivity index (χ0n) is 18.0. The Kier molecular flexibility index (Phi) is 6.17. The van der Waals surface area contributed by atoms with Crippen molar-refractivity contribution in [2.24, 2.45) is 5.92 Å². The highest BCUT2D eigenvalue weighted by Crippen LogP contribution is 2.28. The van der Waals surface area contributed by atoms with Gasteiger partial charge in [-0.3, -0.25) is 9.59 Å². The van der Waals surface area contributed by atoms with Gasteiger partial charge in [-0.25, -0.2) is 0 Å². The Morgan fingerprint density at radius 1 is 0.968 bits per heavy atom. The third-order valence-corrected chi connectivity index (χ3v) is 5.82. The Balaban J connectivity index is 1.50. The summed E-state index contributed by atoms with van der Waals surface area (Å²) in [6.45, 7) is 4.46. The summed E-state index contributed by atoms with van der Waals surface area (Å²) in [4.78, 5) is 27.6. The number of hydrogen-bond donors (Lipinski definition) is 1. The molecular weight excluding hydrogens is 384 g/mol. The van der Waals surface area contributed by atoms with Gasteiger partial charge in [0.25, 0.3) is 0 Å². The molecule has 2 unspecified atom stereocenters. The van der Waals surface area contributed by atoms with Crippen LogP contribution in [-0.4, -0.2) is 18.4 Å². The molecule has 1 heterocycles.